The van der Waals surface area contributed by atoms with Crippen LogP contribution in [0.4, 0.5) is 11.4 Å². The third-order valence-corrected chi connectivity index (χ3v) is 4.78. The van der Waals surface area contributed by atoms with Crippen molar-refractivity contribution in [1.29, 1.82) is 0 Å². The van der Waals surface area contributed by atoms with Gasteiger partial charge in [0, 0.05) is 17.3 Å². The number of carbonyl (C=O) groups excluding carboxylic acids is 1. The molecule has 8 nitrogen and oxygen atoms in total. The largest absolute Gasteiger partial charge is 0.490 e. The fourth-order valence-electron chi connectivity index (χ4n) is 2.44. The highest BCUT2D eigenvalue weighted by molar-refractivity contribution is 7.80. The van der Waals surface area contributed by atoms with Gasteiger partial charge in [0.05, 0.1) is 12.0 Å². The molecule has 30 heavy (non-hydrogen) atoms. The number of amides is 1. The molecule has 0 aliphatic heterocycles. The summed E-state index contributed by atoms with van der Waals surface area (Å²) in [4.78, 5) is 23.1. The summed E-state index contributed by atoms with van der Waals surface area (Å²) in [5.41, 5.74) is 1.19. The van der Waals surface area contributed by atoms with E-state index in [0.717, 1.165) is 5.56 Å². The van der Waals surface area contributed by atoms with Crippen LogP contribution in [0.3, 0.4) is 0 Å². The molecule has 0 saturated carbocycles. The molecule has 1 amide bonds. The Labute approximate surface area is 193 Å². The van der Waals surface area contributed by atoms with Crippen molar-refractivity contribution in [3.63, 3.8) is 0 Å². The number of thiocarbonyl (C=S) groups is 1. The van der Waals surface area contributed by atoms with Crippen molar-refractivity contribution >= 4 is 69.4 Å². The van der Waals surface area contributed by atoms with E-state index in [-0.39, 0.29) is 16.5 Å². The van der Waals surface area contributed by atoms with Crippen LogP contribution in [0.1, 0.15) is 15.9 Å². The van der Waals surface area contributed by atoms with E-state index in [4.69, 9.17) is 51.8 Å². The second-order valence-corrected chi connectivity index (χ2v) is 8.78. The van der Waals surface area contributed by atoms with E-state index >= 15 is 0 Å². The van der Waals surface area contributed by atoms with Crippen LogP contribution in [-0.2, 0) is 0 Å². The SMILES string of the molecule is COc1ccc(NC(=S)N[C@H](NC(=O)c2ccccc2C)C(Cl)(Cl)Cl)cc1[N+](=O)[O-]. The van der Waals surface area contributed by atoms with Crippen LogP contribution in [0.25, 0.3) is 0 Å². The van der Waals surface area contributed by atoms with Gasteiger partial charge in [-0.05, 0) is 42.9 Å². The number of nitro benzene ring substituents is 1. The lowest BCUT2D eigenvalue weighted by Crippen LogP contribution is -2.56. The van der Waals surface area contributed by atoms with Crippen molar-refractivity contribution in [2.75, 3.05) is 12.4 Å². The second kappa shape index (κ2) is 10.1. The van der Waals surface area contributed by atoms with Crippen LogP contribution < -0.4 is 20.7 Å². The number of nitrogens with zero attached hydrogens (tertiary/aromatic N) is 1. The molecule has 0 heterocycles. The lowest BCUT2D eigenvalue weighted by Gasteiger charge is -2.28. The first-order valence-electron chi connectivity index (χ1n) is 8.36. The average Bonchev–Trinajstić information content (AvgIpc) is 2.66. The van der Waals surface area contributed by atoms with E-state index in [1.807, 2.05) is 0 Å². The van der Waals surface area contributed by atoms with Crippen LogP contribution in [0, 0.1) is 17.0 Å². The summed E-state index contributed by atoms with van der Waals surface area (Å²) in [5.74, 6) is -0.381. The van der Waals surface area contributed by atoms with Crippen molar-refractivity contribution in [2.24, 2.45) is 0 Å². The lowest BCUT2D eigenvalue weighted by atomic mass is 10.1. The van der Waals surface area contributed by atoms with Gasteiger partial charge in [-0.1, -0.05) is 53.0 Å². The number of ether oxygens (including phenoxy) is 1. The van der Waals surface area contributed by atoms with Gasteiger partial charge < -0.3 is 20.7 Å². The Kier molecular flexibility index (Phi) is 8.08. The topological polar surface area (TPSA) is 106 Å². The zero-order valence-electron chi connectivity index (χ0n) is 15.7. The number of methoxy groups -OCH3 is 1. The standard InChI is InChI=1S/C18H17Cl3N4O4S/c1-10-5-3-4-6-12(10)15(26)23-16(18(19,20)21)24-17(30)22-11-7-8-14(29-2)13(9-11)25(27)28/h3-9,16H,1-2H3,(H,23,26)(H2,22,24,30)/t16-/m0/s1. The Morgan fingerprint density at radius 3 is 2.43 bits per heavy atom. The molecule has 0 aliphatic rings. The van der Waals surface area contributed by atoms with Gasteiger partial charge in [-0.2, -0.15) is 0 Å². The van der Waals surface area contributed by atoms with Gasteiger partial charge in [-0.15, -0.1) is 0 Å². The van der Waals surface area contributed by atoms with E-state index in [0.29, 0.717) is 11.3 Å². The van der Waals surface area contributed by atoms with E-state index in [1.165, 1.54) is 25.3 Å². The molecular weight excluding hydrogens is 475 g/mol. The number of aryl methyl sites for hydroxylation is 1. The number of halogens is 3. The normalized spacial score (nSPS) is 11.9. The molecule has 2 rings (SSSR count). The van der Waals surface area contributed by atoms with Crippen LogP contribution in [0.2, 0.25) is 0 Å². The summed E-state index contributed by atoms with van der Waals surface area (Å²) in [5, 5.41) is 19.1. The van der Waals surface area contributed by atoms with Crippen LogP contribution in [-0.4, -0.2) is 33.0 Å². The summed E-state index contributed by atoms with van der Waals surface area (Å²) in [6.45, 7) is 1.77. The number of hydrogen-bond acceptors (Lipinski definition) is 5. The number of hydrogen-bond donors (Lipinski definition) is 3. The van der Waals surface area contributed by atoms with E-state index in [2.05, 4.69) is 16.0 Å². The van der Waals surface area contributed by atoms with E-state index in [1.54, 1.807) is 31.2 Å². The van der Waals surface area contributed by atoms with Crippen molar-refractivity contribution in [3.8, 4) is 5.75 Å². The fraction of sp³-hybridized carbons (Fsp3) is 0.222. The van der Waals surface area contributed by atoms with Gasteiger partial charge in [-0.3, -0.25) is 14.9 Å². The van der Waals surface area contributed by atoms with Crippen LogP contribution in [0.5, 0.6) is 5.75 Å². The number of nitro groups is 1. The number of alkyl halides is 3. The molecule has 3 N–H and O–H groups in total. The van der Waals surface area contributed by atoms with Crippen molar-refractivity contribution in [2.45, 2.75) is 16.9 Å². The van der Waals surface area contributed by atoms with Gasteiger partial charge >= 0.3 is 5.69 Å². The van der Waals surface area contributed by atoms with E-state index < -0.39 is 20.8 Å². The number of anilines is 1. The molecule has 0 unspecified atom stereocenters. The second-order valence-electron chi connectivity index (χ2n) is 6.01. The predicted molar refractivity (Wildman–Crippen MR) is 122 cm³/mol. The van der Waals surface area contributed by atoms with Crippen LogP contribution >= 0.6 is 47.0 Å². The Morgan fingerprint density at radius 1 is 1.20 bits per heavy atom. The molecular formula is C18H17Cl3N4O4S. The van der Waals surface area contributed by atoms with E-state index in [9.17, 15) is 14.9 Å². The highest BCUT2D eigenvalue weighted by atomic mass is 35.6. The summed E-state index contributed by atoms with van der Waals surface area (Å²) in [6.07, 6.45) is -1.19. The quantitative estimate of drug-likeness (QED) is 0.182. The third kappa shape index (κ3) is 6.33. The zero-order chi connectivity index (χ0) is 22.5. The number of nitrogens with one attached hydrogen (secondary N) is 3. The Balaban J connectivity index is 2.15. The van der Waals surface area contributed by atoms with Crippen LogP contribution in [0.15, 0.2) is 42.5 Å². The third-order valence-electron chi connectivity index (χ3n) is 3.90. The molecule has 12 heteroatoms. The highest BCUT2D eigenvalue weighted by Gasteiger charge is 2.35. The van der Waals surface area contributed by atoms with Gasteiger partial charge in [0.25, 0.3) is 5.91 Å². The minimum atomic E-state index is -1.95. The molecule has 0 spiro atoms. The summed E-state index contributed by atoms with van der Waals surface area (Å²) in [7, 11) is 1.32. The monoisotopic (exact) mass is 490 g/mol. The molecule has 0 aliphatic carbocycles. The van der Waals surface area contributed by atoms with Crippen molar-refractivity contribution < 1.29 is 14.5 Å². The minimum Gasteiger partial charge on any atom is -0.490 e. The van der Waals surface area contributed by atoms with Crippen molar-refractivity contribution in [3.05, 3.63) is 63.7 Å². The fourth-order valence-corrected chi connectivity index (χ4v) is 3.01. The first kappa shape index (κ1) is 23.9. The van der Waals surface area contributed by atoms with Crippen molar-refractivity contribution in [1.82, 2.24) is 10.6 Å². The molecule has 2 aromatic rings. The molecule has 2 aromatic carbocycles. The van der Waals surface area contributed by atoms with Gasteiger partial charge in [0.15, 0.2) is 10.9 Å². The summed E-state index contributed by atoms with van der Waals surface area (Å²) in [6, 6.07) is 11.1. The Hall–Kier alpha value is -2.33. The maximum Gasteiger partial charge on any atom is 0.312 e. The predicted octanol–water partition coefficient (Wildman–Crippen LogP) is 4.32. The molecule has 0 fully saturated rings. The molecule has 160 valence electrons. The molecule has 0 radical (unpaired) electrons. The first-order valence-corrected chi connectivity index (χ1v) is 9.90. The Bertz CT molecular complexity index is 969. The lowest BCUT2D eigenvalue weighted by molar-refractivity contribution is -0.385. The smallest absolute Gasteiger partial charge is 0.312 e. The summed E-state index contributed by atoms with van der Waals surface area (Å²) < 4.78 is 3.01. The molecule has 1 atom stereocenters. The molecule has 0 saturated heterocycles. The first-order chi connectivity index (χ1) is 14.0. The summed E-state index contributed by atoms with van der Waals surface area (Å²) >= 11 is 23.1. The Morgan fingerprint density at radius 2 is 1.87 bits per heavy atom. The molecule has 0 bridgehead atoms. The number of carbonyl (C=O) groups is 1. The minimum absolute atomic E-state index is 0.0316. The van der Waals surface area contributed by atoms with Gasteiger partial charge in [0.1, 0.15) is 6.17 Å². The maximum absolute atomic E-state index is 12.6. The number of benzene rings is 2. The highest BCUT2D eigenvalue weighted by Crippen LogP contribution is 2.31. The number of rotatable bonds is 6. The van der Waals surface area contributed by atoms with Gasteiger partial charge in [-0.25, -0.2) is 0 Å². The average molecular weight is 492 g/mol. The maximum atomic E-state index is 12.6. The zero-order valence-corrected chi connectivity index (χ0v) is 18.8. The molecule has 0 aromatic heterocycles. The van der Waals surface area contributed by atoms with Gasteiger partial charge in [0.2, 0.25) is 3.79 Å².